The van der Waals surface area contributed by atoms with Crippen LogP contribution in [0.1, 0.15) is 29.0 Å². The Hall–Kier alpha value is -3.21. The number of fused-ring (bicyclic) bond motifs is 1. The molecule has 0 spiro atoms. The first-order chi connectivity index (χ1) is 17.3. The van der Waals surface area contributed by atoms with E-state index < -0.39 is 37.3 Å². The molecule has 5 rings (SSSR count). The molecule has 2 aromatic rings. The summed E-state index contributed by atoms with van der Waals surface area (Å²) in [7, 11) is 1.62. The SMILES string of the molecule is COc1ccc(C2C3=C(CC(=O)C=C3)Oc3cc(O[C@@H]4O[C@H](CO)[C@H](O)[C@H](O)[C@H]4O)ccc32)c(C)c1. The molecule has 0 saturated carbocycles. The number of hydrogen-bond donors (Lipinski definition) is 4. The lowest BCUT2D eigenvalue weighted by atomic mass is 9.78. The third-order valence-corrected chi connectivity index (χ3v) is 6.83. The molecule has 2 aromatic carbocycles. The van der Waals surface area contributed by atoms with Gasteiger partial charge in [-0.25, -0.2) is 0 Å². The van der Waals surface area contributed by atoms with Crippen LogP contribution in [0, 0.1) is 6.92 Å². The Morgan fingerprint density at radius 1 is 0.972 bits per heavy atom. The number of aliphatic hydroxyl groups excluding tert-OH is 4. The summed E-state index contributed by atoms with van der Waals surface area (Å²) in [4.78, 5) is 12.2. The van der Waals surface area contributed by atoms with Crippen LogP contribution in [0.25, 0.3) is 0 Å². The van der Waals surface area contributed by atoms with Crippen LogP contribution in [0.2, 0.25) is 0 Å². The lowest BCUT2D eigenvalue weighted by Gasteiger charge is -2.39. The Kier molecular flexibility index (Phi) is 6.59. The molecular weight excluding hydrogens is 468 g/mol. The summed E-state index contributed by atoms with van der Waals surface area (Å²) in [6.07, 6.45) is -3.48. The van der Waals surface area contributed by atoms with Gasteiger partial charge < -0.3 is 39.4 Å². The molecule has 2 aliphatic heterocycles. The number of aliphatic hydroxyl groups is 4. The van der Waals surface area contributed by atoms with Gasteiger partial charge in [-0.2, -0.15) is 0 Å². The average Bonchev–Trinajstić information content (AvgIpc) is 2.87. The Balaban J connectivity index is 1.50. The Labute approximate surface area is 207 Å². The smallest absolute Gasteiger partial charge is 0.229 e. The fourth-order valence-electron chi connectivity index (χ4n) is 4.90. The molecule has 1 unspecified atom stereocenters. The highest BCUT2D eigenvalue weighted by molar-refractivity contribution is 5.93. The van der Waals surface area contributed by atoms with Crippen molar-refractivity contribution in [2.45, 2.75) is 50.0 Å². The Morgan fingerprint density at radius 3 is 2.44 bits per heavy atom. The summed E-state index contributed by atoms with van der Waals surface area (Å²) in [5, 5.41) is 39.8. The largest absolute Gasteiger partial charge is 0.497 e. The van der Waals surface area contributed by atoms with Crippen LogP contribution in [0.3, 0.4) is 0 Å². The maximum absolute atomic E-state index is 12.2. The van der Waals surface area contributed by atoms with Crippen LogP contribution >= 0.6 is 0 Å². The summed E-state index contributed by atoms with van der Waals surface area (Å²) >= 11 is 0. The van der Waals surface area contributed by atoms with Crippen molar-refractivity contribution in [3.05, 3.63) is 76.6 Å². The molecule has 9 heteroatoms. The number of allylic oxidation sites excluding steroid dienone is 4. The fourth-order valence-corrected chi connectivity index (χ4v) is 4.90. The highest BCUT2D eigenvalue weighted by atomic mass is 16.7. The van der Waals surface area contributed by atoms with Crippen molar-refractivity contribution in [1.29, 1.82) is 0 Å². The number of benzene rings is 2. The second-order valence-electron chi connectivity index (χ2n) is 9.13. The van der Waals surface area contributed by atoms with Crippen LogP contribution in [0.15, 0.2) is 59.9 Å². The zero-order valence-electron chi connectivity index (χ0n) is 19.8. The lowest BCUT2D eigenvalue weighted by molar-refractivity contribution is -0.277. The van der Waals surface area contributed by atoms with Gasteiger partial charge in [0, 0.05) is 23.1 Å². The van der Waals surface area contributed by atoms with E-state index in [9.17, 15) is 25.2 Å². The number of rotatable bonds is 5. The van der Waals surface area contributed by atoms with Gasteiger partial charge in [-0.15, -0.1) is 0 Å². The summed E-state index contributed by atoms with van der Waals surface area (Å²) in [5.41, 5.74) is 3.82. The molecule has 0 aromatic heterocycles. The van der Waals surface area contributed by atoms with Gasteiger partial charge in [0.15, 0.2) is 5.78 Å². The van der Waals surface area contributed by atoms with Crippen molar-refractivity contribution in [3.8, 4) is 17.2 Å². The predicted molar refractivity (Wildman–Crippen MR) is 127 cm³/mol. The quantitative estimate of drug-likeness (QED) is 0.486. The maximum atomic E-state index is 12.2. The lowest BCUT2D eigenvalue weighted by Crippen LogP contribution is -2.60. The molecule has 4 N–H and O–H groups in total. The highest BCUT2D eigenvalue weighted by Crippen LogP contribution is 2.47. The average molecular weight is 497 g/mol. The number of ether oxygens (including phenoxy) is 4. The molecular formula is C27H28O9. The summed E-state index contributed by atoms with van der Waals surface area (Å²) < 4.78 is 22.8. The normalized spacial score (nSPS) is 29.3. The van der Waals surface area contributed by atoms with E-state index in [2.05, 4.69) is 0 Å². The van der Waals surface area contributed by atoms with Gasteiger partial charge in [0.05, 0.1) is 20.1 Å². The van der Waals surface area contributed by atoms with Crippen molar-refractivity contribution < 1.29 is 44.2 Å². The molecule has 0 radical (unpaired) electrons. The topological polar surface area (TPSA) is 135 Å². The third kappa shape index (κ3) is 4.29. The van der Waals surface area contributed by atoms with Crippen LogP contribution in [-0.2, 0) is 9.53 Å². The minimum atomic E-state index is -1.55. The van der Waals surface area contributed by atoms with Crippen LogP contribution < -0.4 is 14.2 Å². The van der Waals surface area contributed by atoms with Gasteiger partial charge in [0.25, 0.3) is 0 Å². The van der Waals surface area contributed by atoms with E-state index in [-0.39, 0.29) is 23.9 Å². The van der Waals surface area contributed by atoms with Crippen molar-refractivity contribution in [3.63, 3.8) is 0 Å². The van der Waals surface area contributed by atoms with Crippen LogP contribution in [0.5, 0.6) is 17.2 Å². The molecule has 1 fully saturated rings. The van der Waals surface area contributed by atoms with Crippen molar-refractivity contribution in [2.75, 3.05) is 13.7 Å². The first-order valence-corrected chi connectivity index (χ1v) is 11.7. The second-order valence-corrected chi connectivity index (χ2v) is 9.13. The van der Waals surface area contributed by atoms with Gasteiger partial charge in [0.2, 0.25) is 6.29 Å². The van der Waals surface area contributed by atoms with E-state index in [0.29, 0.717) is 11.5 Å². The summed E-state index contributed by atoms with van der Waals surface area (Å²) in [6.45, 7) is 1.45. The number of ketones is 1. The fraction of sp³-hybridized carbons (Fsp3) is 0.370. The third-order valence-electron chi connectivity index (χ3n) is 6.83. The molecule has 1 aliphatic carbocycles. The molecule has 9 nitrogen and oxygen atoms in total. The number of aryl methyl sites for hydroxylation is 1. The molecule has 36 heavy (non-hydrogen) atoms. The van der Waals surface area contributed by atoms with E-state index in [1.807, 2.05) is 31.2 Å². The summed E-state index contributed by atoms with van der Waals surface area (Å²) in [5.74, 6) is 1.82. The van der Waals surface area contributed by atoms with Gasteiger partial charge in [-0.05, 0) is 42.3 Å². The zero-order chi connectivity index (χ0) is 25.6. The van der Waals surface area contributed by atoms with E-state index in [1.165, 1.54) is 0 Å². The molecule has 3 aliphatic rings. The van der Waals surface area contributed by atoms with Crippen LogP contribution in [0.4, 0.5) is 0 Å². The first kappa shape index (κ1) is 24.5. The Morgan fingerprint density at radius 2 is 1.72 bits per heavy atom. The minimum absolute atomic E-state index is 0.0591. The molecule has 190 valence electrons. The molecule has 0 amide bonds. The van der Waals surface area contributed by atoms with E-state index in [4.69, 9.17) is 18.9 Å². The predicted octanol–water partition coefficient (Wildman–Crippen LogP) is 1.49. The molecule has 0 bridgehead atoms. The van der Waals surface area contributed by atoms with E-state index in [1.54, 1.807) is 31.4 Å². The molecule has 2 heterocycles. The number of carbonyl (C=O) groups excluding carboxylic acids is 1. The highest BCUT2D eigenvalue weighted by Gasteiger charge is 2.45. The number of carbonyl (C=O) groups is 1. The minimum Gasteiger partial charge on any atom is -0.497 e. The first-order valence-electron chi connectivity index (χ1n) is 11.7. The van der Waals surface area contributed by atoms with Gasteiger partial charge in [-0.3, -0.25) is 4.79 Å². The van der Waals surface area contributed by atoms with E-state index in [0.717, 1.165) is 28.0 Å². The van der Waals surface area contributed by atoms with Gasteiger partial charge in [-0.1, -0.05) is 18.2 Å². The van der Waals surface area contributed by atoms with E-state index >= 15 is 0 Å². The summed E-state index contributed by atoms with van der Waals surface area (Å²) in [6, 6.07) is 11.0. The Bertz CT molecular complexity index is 1230. The standard InChI is InChI=1S/C27H28O9/c1-13-9-15(33-2)4-7-17(13)23-18-6-3-14(29)10-20(18)35-21-11-16(5-8-19(21)23)34-27-26(32)25(31)24(30)22(12-28)36-27/h3-9,11,22-28,30-32H,10,12H2,1-2H3/t22-,23?,24+,25+,26-,27-/m1/s1. The van der Waals surface area contributed by atoms with Crippen molar-refractivity contribution in [2.24, 2.45) is 0 Å². The molecule has 6 atom stereocenters. The van der Waals surface area contributed by atoms with Gasteiger partial charge in [0.1, 0.15) is 47.4 Å². The number of hydrogen-bond acceptors (Lipinski definition) is 9. The maximum Gasteiger partial charge on any atom is 0.229 e. The van der Waals surface area contributed by atoms with Crippen molar-refractivity contribution >= 4 is 5.78 Å². The van der Waals surface area contributed by atoms with Gasteiger partial charge >= 0.3 is 0 Å². The number of methoxy groups -OCH3 is 1. The van der Waals surface area contributed by atoms with Crippen molar-refractivity contribution in [1.82, 2.24) is 0 Å². The molecule has 1 saturated heterocycles. The zero-order valence-corrected chi connectivity index (χ0v) is 19.8. The monoisotopic (exact) mass is 496 g/mol. The second kappa shape index (κ2) is 9.68. The van der Waals surface area contributed by atoms with Crippen LogP contribution in [-0.4, -0.2) is 70.6 Å².